The van der Waals surface area contributed by atoms with Gasteiger partial charge in [-0.05, 0) is 13.0 Å². The first-order chi connectivity index (χ1) is 10.1. The first kappa shape index (κ1) is 14.2. The molecule has 2 aliphatic rings. The van der Waals surface area contributed by atoms with E-state index in [1.165, 1.54) is 0 Å². The summed E-state index contributed by atoms with van der Waals surface area (Å²) in [6.07, 6.45) is 0.951. The Labute approximate surface area is 125 Å². The number of likely N-dealkylation sites (N-methyl/N-ethyl adjacent to an activating group) is 1. The molecule has 2 aliphatic heterocycles. The predicted molar refractivity (Wildman–Crippen MR) is 83.9 cm³/mol. The molecular weight excluding hydrogens is 268 g/mol. The minimum atomic E-state index is 0.289. The molecule has 0 aliphatic carbocycles. The molecule has 1 aromatic heterocycles. The zero-order chi connectivity index (χ0) is 15.0. The van der Waals surface area contributed by atoms with E-state index >= 15 is 0 Å². The van der Waals surface area contributed by atoms with Gasteiger partial charge in [-0.3, -0.25) is 0 Å². The highest BCUT2D eigenvalue weighted by Gasteiger charge is 2.32. The summed E-state index contributed by atoms with van der Waals surface area (Å²) in [7, 11) is 1.97. The summed E-state index contributed by atoms with van der Waals surface area (Å²) in [5, 5.41) is 6.73. The largest absolute Gasteiger partial charge is 0.486 e. The summed E-state index contributed by atoms with van der Waals surface area (Å²) < 4.78 is 5.94. The Balaban J connectivity index is 1.89. The van der Waals surface area contributed by atoms with Crippen molar-refractivity contribution < 1.29 is 4.74 Å². The average molecular weight is 292 g/mol. The zero-order valence-electron chi connectivity index (χ0n) is 12.9. The van der Waals surface area contributed by atoms with E-state index in [2.05, 4.69) is 39.3 Å². The fourth-order valence-corrected chi connectivity index (χ4v) is 2.77. The molecule has 4 N–H and O–H groups in total. The fraction of sp³-hybridized carbons (Fsp3) is 0.714. The van der Waals surface area contributed by atoms with Gasteiger partial charge in [-0.1, -0.05) is 13.8 Å². The van der Waals surface area contributed by atoms with Gasteiger partial charge in [-0.15, -0.1) is 0 Å². The highest BCUT2D eigenvalue weighted by molar-refractivity contribution is 5.68. The fourth-order valence-electron chi connectivity index (χ4n) is 2.77. The molecule has 1 aromatic rings. The van der Waals surface area contributed by atoms with Gasteiger partial charge < -0.3 is 26.0 Å². The highest BCUT2D eigenvalue weighted by Crippen LogP contribution is 2.38. The van der Waals surface area contributed by atoms with Gasteiger partial charge in [0.15, 0.2) is 11.6 Å². The molecule has 116 valence electrons. The second kappa shape index (κ2) is 5.55. The van der Waals surface area contributed by atoms with Crippen LogP contribution in [-0.2, 0) is 0 Å². The van der Waals surface area contributed by atoms with Gasteiger partial charge in [0.25, 0.3) is 0 Å². The molecule has 3 heterocycles. The lowest BCUT2D eigenvalue weighted by Crippen LogP contribution is -2.57. The predicted octanol–water partition coefficient (Wildman–Crippen LogP) is 0.686. The Kier molecular flexibility index (Phi) is 3.75. The van der Waals surface area contributed by atoms with Crippen molar-refractivity contribution in [3.05, 3.63) is 0 Å². The summed E-state index contributed by atoms with van der Waals surface area (Å²) in [6, 6.07) is 0.842. The first-order valence-electron chi connectivity index (χ1n) is 7.57. The number of hydrogen-bond acceptors (Lipinski definition) is 7. The van der Waals surface area contributed by atoms with Gasteiger partial charge in [0.05, 0.1) is 6.61 Å². The Morgan fingerprint density at radius 1 is 1.38 bits per heavy atom. The van der Waals surface area contributed by atoms with Crippen LogP contribution >= 0.6 is 0 Å². The van der Waals surface area contributed by atoms with Crippen molar-refractivity contribution in [3.63, 3.8) is 0 Å². The van der Waals surface area contributed by atoms with E-state index < -0.39 is 0 Å². The third kappa shape index (κ3) is 2.70. The number of nitrogen functional groups attached to an aromatic ring is 1. The number of rotatable bonds is 3. The smallest absolute Gasteiger partial charge is 0.224 e. The number of nitrogens with two attached hydrogens (primary N) is 1. The van der Waals surface area contributed by atoms with E-state index in [4.69, 9.17) is 10.5 Å². The second-order valence-corrected chi connectivity index (χ2v) is 6.11. The number of anilines is 3. The van der Waals surface area contributed by atoms with Gasteiger partial charge in [0, 0.05) is 31.6 Å². The maximum atomic E-state index is 5.94. The third-order valence-corrected chi connectivity index (χ3v) is 4.26. The molecule has 1 atom stereocenters. The van der Waals surface area contributed by atoms with Crippen LogP contribution in [0, 0.1) is 5.92 Å². The Morgan fingerprint density at radius 2 is 2.14 bits per heavy atom. The average Bonchev–Trinajstić information content (AvgIpc) is 2.59. The quantitative estimate of drug-likeness (QED) is 0.755. The van der Waals surface area contributed by atoms with Crippen molar-refractivity contribution in [3.8, 4) is 5.75 Å². The summed E-state index contributed by atoms with van der Waals surface area (Å²) in [5.74, 6) is 3.07. The van der Waals surface area contributed by atoms with Crippen LogP contribution in [-0.4, -0.2) is 48.8 Å². The normalized spacial score (nSPS) is 22.1. The summed E-state index contributed by atoms with van der Waals surface area (Å²) in [4.78, 5) is 10.9. The third-order valence-electron chi connectivity index (χ3n) is 4.26. The number of ether oxygens (including phenoxy) is 1. The van der Waals surface area contributed by atoms with Crippen LogP contribution in [0.4, 0.5) is 17.6 Å². The molecule has 0 unspecified atom stereocenters. The molecule has 7 nitrogen and oxygen atoms in total. The van der Waals surface area contributed by atoms with Gasteiger partial charge in [0.1, 0.15) is 0 Å². The van der Waals surface area contributed by atoms with Crippen molar-refractivity contribution in [2.24, 2.45) is 5.92 Å². The Bertz CT molecular complexity index is 514. The number of aromatic nitrogens is 2. The molecule has 0 bridgehead atoms. The number of nitrogens with zero attached hydrogens (tertiary/aromatic N) is 3. The first-order valence-corrected chi connectivity index (χ1v) is 7.57. The summed E-state index contributed by atoms with van der Waals surface area (Å²) >= 11 is 0. The SMILES string of the molecule is CNC1CN(c2nc(N)nc3c2OCC[C@@H](C(C)C)N3)C1. The molecule has 0 spiro atoms. The van der Waals surface area contributed by atoms with Gasteiger partial charge in [0.2, 0.25) is 11.7 Å². The molecule has 0 radical (unpaired) electrons. The van der Waals surface area contributed by atoms with Gasteiger partial charge in [-0.25, -0.2) is 0 Å². The van der Waals surface area contributed by atoms with E-state index in [9.17, 15) is 0 Å². The lowest BCUT2D eigenvalue weighted by atomic mass is 10.0. The van der Waals surface area contributed by atoms with E-state index in [-0.39, 0.29) is 5.95 Å². The van der Waals surface area contributed by atoms with Crippen LogP contribution in [0.3, 0.4) is 0 Å². The van der Waals surface area contributed by atoms with Crippen molar-refractivity contribution in [2.45, 2.75) is 32.4 Å². The topological polar surface area (TPSA) is 88.3 Å². The van der Waals surface area contributed by atoms with Crippen molar-refractivity contribution in [2.75, 3.05) is 42.7 Å². The van der Waals surface area contributed by atoms with Crippen LogP contribution in [0.5, 0.6) is 5.75 Å². The monoisotopic (exact) mass is 292 g/mol. The van der Waals surface area contributed by atoms with Crippen LogP contribution in [0.2, 0.25) is 0 Å². The minimum absolute atomic E-state index is 0.289. The molecule has 0 amide bonds. The maximum Gasteiger partial charge on any atom is 0.224 e. The number of hydrogen-bond donors (Lipinski definition) is 3. The summed E-state index contributed by atoms with van der Waals surface area (Å²) in [6.45, 7) is 6.89. The number of nitrogens with one attached hydrogen (secondary N) is 2. The van der Waals surface area contributed by atoms with Crippen molar-refractivity contribution in [1.29, 1.82) is 0 Å². The maximum absolute atomic E-state index is 5.94. The molecule has 21 heavy (non-hydrogen) atoms. The van der Waals surface area contributed by atoms with E-state index in [0.29, 0.717) is 24.6 Å². The molecule has 7 heteroatoms. The lowest BCUT2D eigenvalue weighted by molar-refractivity contribution is 0.298. The molecule has 1 fully saturated rings. The van der Waals surface area contributed by atoms with Gasteiger partial charge >= 0.3 is 0 Å². The number of fused-ring (bicyclic) bond motifs is 1. The van der Waals surface area contributed by atoms with E-state index in [1.54, 1.807) is 0 Å². The van der Waals surface area contributed by atoms with Crippen molar-refractivity contribution >= 4 is 17.6 Å². The summed E-state index contributed by atoms with van der Waals surface area (Å²) in [5.41, 5.74) is 5.88. The lowest BCUT2D eigenvalue weighted by Gasteiger charge is -2.40. The molecular formula is C14H24N6O. The Morgan fingerprint density at radius 3 is 2.81 bits per heavy atom. The Hall–Kier alpha value is -1.76. The van der Waals surface area contributed by atoms with E-state index in [0.717, 1.165) is 36.9 Å². The highest BCUT2D eigenvalue weighted by atomic mass is 16.5. The van der Waals surface area contributed by atoms with Crippen LogP contribution in [0.25, 0.3) is 0 Å². The van der Waals surface area contributed by atoms with Gasteiger partial charge in [-0.2, -0.15) is 9.97 Å². The van der Waals surface area contributed by atoms with Crippen molar-refractivity contribution in [1.82, 2.24) is 15.3 Å². The second-order valence-electron chi connectivity index (χ2n) is 6.11. The molecule has 0 saturated carbocycles. The molecule has 1 saturated heterocycles. The van der Waals surface area contributed by atoms with E-state index in [1.807, 2.05) is 7.05 Å². The van der Waals surface area contributed by atoms with Crippen LogP contribution in [0.15, 0.2) is 0 Å². The van der Waals surface area contributed by atoms with Crippen LogP contribution in [0.1, 0.15) is 20.3 Å². The molecule has 0 aromatic carbocycles. The zero-order valence-corrected chi connectivity index (χ0v) is 12.9. The van der Waals surface area contributed by atoms with Crippen LogP contribution < -0.4 is 26.0 Å². The minimum Gasteiger partial charge on any atom is -0.486 e. The standard InChI is InChI=1S/C14H24N6O/c1-8(2)10-4-5-21-11-12(17-10)18-14(15)19-13(11)20-6-9(7-20)16-3/h8-10,16H,4-7H2,1-3H3,(H3,15,17,18,19)/t10-/m0/s1. The molecule has 3 rings (SSSR count).